The molecule has 0 fully saturated rings. The van der Waals surface area contributed by atoms with E-state index in [2.05, 4.69) is 86.5 Å². The minimum absolute atomic E-state index is 0.0809. The predicted octanol–water partition coefficient (Wildman–Crippen LogP) is 9.23. The fourth-order valence-electron chi connectivity index (χ4n) is 6.52. The molecule has 0 N–H and O–H groups in total. The van der Waals surface area contributed by atoms with Gasteiger partial charge in [-0.3, -0.25) is 9.36 Å². The van der Waals surface area contributed by atoms with Gasteiger partial charge in [-0.05, 0) is 108 Å². The van der Waals surface area contributed by atoms with Gasteiger partial charge in [0.15, 0.2) is 4.80 Å². The van der Waals surface area contributed by atoms with Crippen molar-refractivity contribution in [1.29, 1.82) is 0 Å². The third-order valence-corrected chi connectivity index (χ3v) is 11.1. The summed E-state index contributed by atoms with van der Waals surface area (Å²) < 4.78 is 10.3. The van der Waals surface area contributed by atoms with Crippen molar-refractivity contribution in [1.82, 2.24) is 4.57 Å². The maximum absolute atomic E-state index is 14.2. The molecule has 2 aliphatic rings. The summed E-state index contributed by atoms with van der Waals surface area (Å²) in [5, 5.41) is 2.99. The zero-order valence-corrected chi connectivity index (χ0v) is 29.1. The molecule has 1 atom stereocenters. The second kappa shape index (κ2) is 12.1. The molecule has 0 spiro atoms. The van der Waals surface area contributed by atoms with E-state index < -0.39 is 0 Å². The van der Waals surface area contributed by atoms with E-state index in [1.807, 2.05) is 59.2 Å². The van der Waals surface area contributed by atoms with E-state index in [1.165, 1.54) is 27.7 Å². The van der Waals surface area contributed by atoms with E-state index in [4.69, 9.17) is 21.3 Å². The van der Waals surface area contributed by atoms with Crippen LogP contribution < -0.4 is 19.6 Å². The fraction of sp³-hybridized carbons (Fsp3) is 0.105. The Morgan fingerprint density at radius 3 is 2.50 bits per heavy atom. The summed E-state index contributed by atoms with van der Waals surface area (Å²) >= 11 is 15.6. The van der Waals surface area contributed by atoms with Crippen molar-refractivity contribution in [2.45, 2.75) is 25.5 Å². The monoisotopic (exact) mass is 766 g/mol. The van der Waals surface area contributed by atoms with Crippen molar-refractivity contribution in [2.75, 3.05) is 0 Å². The van der Waals surface area contributed by atoms with Crippen LogP contribution in [-0.2, 0) is 13.0 Å². The minimum atomic E-state index is -0.321. The molecular formula is C38H25Br2ClN2O2S. The van der Waals surface area contributed by atoms with E-state index in [9.17, 15) is 4.79 Å². The molecule has 5 aromatic carbocycles. The zero-order valence-electron chi connectivity index (χ0n) is 24.3. The number of benzene rings is 5. The number of hydrogen-bond donors (Lipinski definition) is 0. The third kappa shape index (κ3) is 5.20. The van der Waals surface area contributed by atoms with E-state index in [0.29, 0.717) is 26.7 Å². The van der Waals surface area contributed by atoms with Crippen molar-refractivity contribution in [2.24, 2.45) is 4.99 Å². The molecule has 0 bridgehead atoms. The van der Waals surface area contributed by atoms with Crippen molar-refractivity contribution in [3.8, 4) is 5.75 Å². The Morgan fingerprint density at radius 1 is 0.913 bits per heavy atom. The van der Waals surface area contributed by atoms with Gasteiger partial charge in [0.25, 0.3) is 5.56 Å². The molecule has 8 rings (SSSR count). The van der Waals surface area contributed by atoms with Gasteiger partial charge >= 0.3 is 0 Å². The number of nitrogens with zero attached hydrogens (tertiary/aromatic N) is 2. The molecule has 2 heterocycles. The van der Waals surface area contributed by atoms with Crippen molar-refractivity contribution >= 4 is 77.3 Å². The molecule has 0 amide bonds. The van der Waals surface area contributed by atoms with Crippen molar-refractivity contribution in [3.05, 3.63) is 170 Å². The Bertz CT molecular complexity index is 2380. The molecule has 0 saturated carbocycles. The highest BCUT2D eigenvalue weighted by atomic mass is 79.9. The molecule has 6 aromatic rings. The van der Waals surface area contributed by atoms with E-state index in [1.54, 1.807) is 0 Å². The van der Waals surface area contributed by atoms with Crippen LogP contribution in [0.2, 0.25) is 5.02 Å². The highest BCUT2D eigenvalue weighted by molar-refractivity contribution is 9.11. The summed E-state index contributed by atoms with van der Waals surface area (Å²) in [7, 11) is 0. The number of halogens is 3. The Labute approximate surface area is 291 Å². The third-order valence-electron chi connectivity index (χ3n) is 8.64. The summed E-state index contributed by atoms with van der Waals surface area (Å²) in [6.45, 7) is 0.423. The lowest BCUT2D eigenvalue weighted by Crippen LogP contribution is -2.38. The SMILES string of the molecule is O=c1c(=Cc2cc(Br)c(OCc3cccc4ccccc34)c(Br)c2)sc2n1C(c1ccccc1Cl)C1=C(N=2)c2ccccc2CC1. The lowest BCUT2D eigenvalue weighted by Gasteiger charge is -2.31. The number of aromatic nitrogens is 1. The number of fused-ring (bicyclic) bond motifs is 4. The van der Waals surface area contributed by atoms with Crippen LogP contribution in [0.5, 0.6) is 5.75 Å². The van der Waals surface area contributed by atoms with E-state index in [0.717, 1.165) is 55.3 Å². The van der Waals surface area contributed by atoms with Crippen LogP contribution in [0.25, 0.3) is 22.5 Å². The standard InChI is InChI=1S/C38H25Br2ClN2O2S/c39-30-18-22(19-31(40)36(30)45-21-25-11-7-10-23-8-1-3-12-26(23)25)20-33-37(44)43-35(28-14-5-6-15-32(28)41)29-17-16-24-9-2-4-13-27(24)34(29)42-38(43)46-33/h1-15,18-20,35H,16-17,21H2. The molecular weight excluding hydrogens is 744 g/mol. The first-order chi connectivity index (χ1) is 22.5. The van der Waals surface area contributed by atoms with Crippen LogP contribution in [0.15, 0.2) is 127 Å². The Balaban J connectivity index is 1.20. The maximum atomic E-state index is 14.2. The van der Waals surface area contributed by atoms with E-state index in [-0.39, 0.29) is 11.6 Å². The maximum Gasteiger partial charge on any atom is 0.271 e. The van der Waals surface area contributed by atoms with Gasteiger partial charge in [-0.1, -0.05) is 108 Å². The van der Waals surface area contributed by atoms with Gasteiger partial charge in [-0.25, -0.2) is 4.99 Å². The highest BCUT2D eigenvalue weighted by Gasteiger charge is 2.33. The van der Waals surface area contributed by atoms with Crippen LogP contribution in [0, 0.1) is 0 Å². The number of thiazole rings is 1. The summed E-state index contributed by atoms with van der Waals surface area (Å²) in [5.74, 6) is 0.705. The number of ether oxygens (including phenoxy) is 1. The first kappa shape index (κ1) is 29.6. The molecule has 46 heavy (non-hydrogen) atoms. The number of hydrogen-bond acceptors (Lipinski definition) is 4. The van der Waals surface area contributed by atoms with Gasteiger partial charge in [0, 0.05) is 10.6 Å². The summed E-state index contributed by atoms with van der Waals surface area (Å²) in [5.41, 5.74) is 7.30. The molecule has 1 aromatic heterocycles. The fourth-order valence-corrected chi connectivity index (χ4v) is 9.21. The molecule has 1 aliphatic carbocycles. The van der Waals surface area contributed by atoms with Crippen LogP contribution in [0.4, 0.5) is 0 Å². The molecule has 0 radical (unpaired) electrons. The summed E-state index contributed by atoms with van der Waals surface area (Å²) in [6, 6.07) is 34.4. The van der Waals surface area contributed by atoms with Gasteiger partial charge in [-0.15, -0.1) is 0 Å². The molecule has 1 aliphatic heterocycles. The molecule has 226 valence electrons. The van der Waals surface area contributed by atoms with Gasteiger partial charge in [0.05, 0.1) is 25.2 Å². The van der Waals surface area contributed by atoms with Gasteiger partial charge in [0.2, 0.25) is 0 Å². The van der Waals surface area contributed by atoms with Crippen molar-refractivity contribution < 1.29 is 4.74 Å². The van der Waals surface area contributed by atoms with Gasteiger partial charge < -0.3 is 4.74 Å². The second-order valence-corrected chi connectivity index (χ2v) is 14.5. The molecule has 4 nitrogen and oxygen atoms in total. The largest absolute Gasteiger partial charge is 0.487 e. The minimum Gasteiger partial charge on any atom is -0.487 e. The Hall–Kier alpha value is -3.75. The molecule has 1 unspecified atom stereocenters. The van der Waals surface area contributed by atoms with Crippen LogP contribution >= 0.6 is 54.8 Å². The normalized spacial score (nSPS) is 15.7. The number of aryl methyl sites for hydroxylation is 1. The van der Waals surface area contributed by atoms with Gasteiger partial charge in [-0.2, -0.15) is 0 Å². The lowest BCUT2D eigenvalue weighted by molar-refractivity contribution is 0.303. The van der Waals surface area contributed by atoms with Crippen LogP contribution in [-0.4, -0.2) is 4.57 Å². The van der Waals surface area contributed by atoms with Crippen molar-refractivity contribution in [3.63, 3.8) is 0 Å². The topological polar surface area (TPSA) is 43.6 Å². The first-order valence-electron chi connectivity index (χ1n) is 14.9. The first-order valence-corrected chi connectivity index (χ1v) is 17.7. The van der Waals surface area contributed by atoms with Gasteiger partial charge in [0.1, 0.15) is 12.4 Å². The smallest absolute Gasteiger partial charge is 0.271 e. The quantitative estimate of drug-likeness (QED) is 0.176. The zero-order chi connectivity index (χ0) is 31.4. The summed E-state index contributed by atoms with van der Waals surface area (Å²) in [6.07, 6.45) is 3.64. The number of allylic oxidation sites excluding steroid dienone is 1. The van der Waals surface area contributed by atoms with Crippen LogP contribution in [0.3, 0.4) is 0 Å². The summed E-state index contributed by atoms with van der Waals surface area (Å²) in [4.78, 5) is 20.0. The second-order valence-electron chi connectivity index (χ2n) is 11.4. The number of rotatable bonds is 5. The average Bonchev–Trinajstić information content (AvgIpc) is 3.37. The molecule has 0 saturated heterocycles. The highest BCUT2D eigenvalue weighted by Crippen LogP contribution is 2.43. The van der Waals surface area contributed by atoms with E-state index >= 15 is 0 Å². The average molecular weight is 769 g/mol. The van der Waals surface area contributed by atoms with Crippen LogP contribution in [0.1, 0.15) is 40.3 Å². The lowest BCUT2D eigenvalue weighted by atomic mass is 9.83. The Morgan fingerprint density at radius 2 is 1.65 bits per heavy atom. The Kier molecular flexibility index (Phi) is 7.81. The molecule has 8 heteroatoms. The predicted molar refractivity (Wildman–Crippen MR) is 194 cm³/mol.